The Labute approximate surface area is 123 Å². The Morgan fingerprint density at radius 3 is 2.48 bits per heavy atom. The SMILES string of the molecule is COc1ccc(N=C(N)N=C(N)N)c(NC(=O)C(C)C)c1. The number of methoxy groups -OCH3 is 1. The first-order valence-electron chi connectivity index (χ1n) is 6.26. The number of hydrogen-bond donors (Lipinski definition) is 4. The summed E-state index contributed by atoms with van der Waals surface area (Å²) in [7, 11) is 1.53. The average molecular weight is 292 g/mol. The number of ether oxygens (including phenoxy) is 1. The molecule has 8 heteroatoms. The fourth-order valence-corrected chi connectivity index (χ4v) is 1.40. The van der Waals surface area contributed by atoms with Crippen molar-refractivity contribution in [3.8, 4) is 5.75 Å². The van der Waals surface area contributed by atoms with Crippen LogP contribution in [0.15, 0.2) is 28.2 Å². The number of carbonyl (C=O) groups is 1. The summed E-state index contributed by atoms with van der Waals surface area (Å²) < 4.78 is 5.12. The van der Waals surface area contributed by atoms with Crippen LogP contribution in [0.5, 0.6) is 5.75 Å². The van der Waals surface area contributed by atoms with Crippen molar-refractivity contribution < 1.29 is 9.53 Å². The third-order valence-corrected chi connectivity index (χ3v) is 2.46. The Bertz CT molecular complexity index is 576. The van der Waals surface area contributed by atoms with Gasteiger partial charge in [-0.05, 0) is 12.1 Å². The normalized spacial score (nSPS) is 11.1. The van der Waals surface area contributed by atoms with Crippen molar-refractivity contribution in [1.82, 2.24) is 0 Å². The number of benzene rings is 1. The van der Waals surface area contributed by atoms with Crippen molar-refractivity contribution in [2.75, 3.05) is 12.4 Å². The number of anilines is 1. The monoisotopic (exact) mass is 292 g/mol. The number of carbonyl (C=O) groups excluding carboxylic acids is 1. The van der Waals surface area contributed by atoms with E-state index in [1.165, 1.54) is 7.11 Å². The summed E-state index contributed by atoms with van der Waals surface area (Å²) in [6.45, 7) is 3.57. The van der Waals surface area contributed by atoms with Crippen molar-refractivity contribution in [2.24, 2.45) is 33.1 Å². The van der Waals surface area contributed by atoms with Crippen molar-refractivity contribution in [2.45, 2.75) is 13.8 Å². The molecule has 0 aliphatic heterocycles. The van der Waals surface area contributed by atoms with Crippen LogP contribution in [0.1, 0.15) is 13.8 Å². The predicted molar refractivity (Wildman–Crippen MR) is 83.6 cm³/mol. The number of guanidine groups is 2. The number of nitrogens with two attached hydrogens (primary N) is 3. The largest absolute Gasteiger partial charge is 0.497 e. The molecule has 1 aromatic carbocycles. The van der Waals surface area contributed by atoms with E-state index in [-0.39, 0.29) is 23.7 Å². The number of amides is 1. The molecule has 0 radical (unpaired) electrons. The van der Waals surface area contributed by atoms with Crippen molar-refractivity contribution in [3.05, 3.63) is 18.2 Å². The first-order chi connectivity index (χ1) is 9.83. The minimum atomic E-state index is -0.197. The van der Waals surface area contributed by atoms with Gasteiger partial charge in [0.1, 0.15) is 5.75 Å². The van der Waals surface area contributed by atoms with Crippen LogP contribution in [0.4, 0.5) is 11.4 Å². The summed E-state index contributed by atoms with van der Waals surface area (Å²) in [5.74, 6) is -0.0608. The van der Waals surface area contributed by atoms with Crippen LogP contribution in [-0.4, -0.2) is 24.9 Å². The highest BCUT2D eigenvalue weighted by molar-refractivity contribution is 5.98. The fourth-order valence-electron chi connectivity index (χ4n) is 1.40. The molecule has 0 saturated carbocycles. The van der Waals surface area contributed by atoms with E-state index < -0.39 is 0 Å². The van der Waals surface area contributed by atoms with Crippen LogP contribution in [0.25, 0.3) is 0 Å². The zero-order valence-electron chi connectivity index (χ0n) is 12.3. The number of nitrogens with one attached hydrogen (secondary N) is 1. The Kier molecular flexibility index (Phi) is 5.53. The third kappa shape index (κ3) is 5.01. The predicted octanol–water partition coefficient (Wildman–Crippen LogP) is 0.509. The Morgan fingerprint density at radius 2 is 1.95 bits per heavy atom. The molecule has 0 unspecified atom stereocenters. The topological polar surface area (TPSA) is 141 Å². The lowest BCUT2D eigenvalue weighted by Gasteiger charge is -2.11. The highest BCUT2D eigenvalue weighted by Crippen LogP contribution is 2.30. The number of rotatable bonds is 4. The molecule has 7 N–H and O–H groups in total. The van der Waals surface area contributed by atoms with E-state index in [1.807, 2.05) is 0 Å². The number of nitrogens with zero attached hydrogens (tertiary/aromatic N) is 2. The van der Waals surface area contributed by atoms with Gasteiger partial charge >= 0.3 is 0 Å². The number of hydrogen-bond acceptors (Lipinski definition) is 3. The zero-order valence-corrected chi connectivity index (χ0v) is 12.3. The smallest absolute Gasteiger partial charge is 0.226 e. The molecule has 0 spiro atoms. The van der Waals surface area contributed by atoms with E-state index >= 15 is 0 Å². The van der Waals surface area contributed by atoms with Gasteiger partial charge in [0.05, 0.1) is 18.5 Å². The van der Waals surface area contributed by atoms with Gasteiger partial charge < -0.3 is 27.3 Å². The van der Waals surface area contributed by atoms with E-state index in [9.17, 15) is 4.79 Å². The summed E-state index contributed by atoms with van der Waals surface area (Å²) in [5, 5.41) is 2.75. The highest BCUT2D eigenvalue weighted by atomic mass is 16.5. The summed E-state index contributed by atoms with van der Waals surface area (Å²) in [5.41, 5.74) is 16.9. The molecular formula is C13H20N6O2. The van der Waals surface area contributed by atoms with Crippen LogP contribution in [0.3, 0.4) is 0 Å². The van der Waals surface area contributed by atoms with Gasteiger partial charge in [-0.3, -0.25) is 4.79 Å². The molecule has 0 aliphatic carbocycles. The molecule has 0 fully saturated rings. The molecule has 0 saturated heterocycles. The van der Waals surface area contributed by atoms with Crippen molar-refractivity contribution >= 4 is 29.2 Å². The van der Waals surface area contributed by atoms with E-state index in [0.717, 1.165) is 0 Å². The molecule has 0 aromatic heterocycles. The van der Waals surface area contributed by atoms with E-state index in [0.29, 0.717) is 17.1 Å². The molecule has 0 bridgehead atoms. The van der Waals surface area contributed by atoms with Gasteiger partial charge in [0.2, 0.25) is 11.9 Å². The molecule has 1 aromatic rings. The summed E-state index contributed by atoms with van der Waals surface area (Å²) in [6, 6.07) is 4.97. The Balaban J connectivity index is 3.19. The maximum atomic E-state index is 11.8. The maximum absolute atomic E-state index is 11.8. The van der Waals surface area contributed by atoms with Crippen molar-refractivity contribution in [1.29, 1.82) is 0 Å². The van der Waals surface area contributed by atoms with Gasteiger partial charge in [-0.2, -0.15) is 4.99 Å². The van der Waals surface area contributed by atoms with Crippen LogP contribution in [0.2, 0.25) is 0 Å². The lowest BCUT2D eigenvalue weighted by molar-refractivity contribution is -0.118. The second-order valence-electron chi connectivity index (χ2n) is 4.53. The van der Waals surface area contributed by atoms with Gasteiger partial charge in [0, 0.05) is 12.0 Å². The van der Waals surface area contributed by atoms with Gasteiger partial charge in [0.25, 0.3) is 0 Å². The average Bonchev–Trinajstić information content (AvgIpc) is 2.39. The second-order valence-corrected chi connectivity index (χ2v) is 4.53. The molecule has 0 atom stereocenters. The van der Waals surface area contributed by atoms with Crippen LogP contribution in [-0.2, 0) is 4.79 Å². The standard InChI is InChI=1S/C13H20N6O2/c1-7(2)11(20)17-10-6-8(21-3)4-5-9(10)18-13(16)19-12(14)15/h4-7H,1-3H3,(H,17,20)(H6,14,15,16,18,19). The fraction of sp³-hybridized carbons (Fsp3) is 0.308. The molecule has 0 aliphatic rings. The summed E-state index contributed by atoms with van der Waals surface area (Å²) in [4.78, 5) is 19.5. The first-order valence-corrected chi connectivity index (χ1v) is 6.26. The van der Waals surface area contributed by atoms with Crippen LogP contribution in [0, 0.1) is 5.92 Å². The van der Waals surface area contributed by atoms with Crippen LogP contribution < -0.4 is 27.3 Å². The highest BCUT2D eigenvalue weighted by Gasteiger charge is 2.11. The summed E-state index contributed by atoms with van der Waals surface area (Å²) in [6.07, 6.45) is 0. The summed E-state index contributed by atoms with van der Waals surface area (Å²) >= 11 is 0. The van der Waals surface area contributed by atoms with Crippen LogP contribution >= 0.6 is 0 Å². The van der Waals surface area contributed by atoms with Crippen molar-refractivity contribution in [3.63, 3.8) is 0 Å². The van der Waals surface area contributed by atoms with Gasteiger partial charge in [-0.25, -0.2) is 4.99 Å². The maximum Gasteiger partial charge on any atom is 0.226 e. The minimum absolute atomic E-state index is 0.111. The molecule has 21 heavy (non-hydrogen) atoms. The quantitative estimate of drug-likeness (QED) is 0.472. The zero-order chi connectivity index (χ0) is 16.0. The lowest BCUT2D eigenvalue weighted by atomic mass is 10.2. The number of aliphatic imine (C=N–C) groups is 2. The molecule has 1 rings (SSSR count). The van der Waals surface area contributed by atoms with Gasteiger partial charge in [-0.1, -0.05) is 13.8 Å². The molecule has 8 nitrogen and oxygen atoms in total. The molecule has 114 valence electrons. The van der Waals surface area contributed by atoms with Gasteiger partial charge in [0.15, 0.2) is 5.96 Å². The minimum Gasteiger partial charge on any atom is -0.497 e. The second kappa shape index (κ2) is 7.13. The van der Waals surface area contributed by atoms with Gasteiger partial charge in [-0.15, -0.1) is 0 Å². The molecule has 0 heterocycles. The third-order valence-electron chi connectivity index (χ3n) is 2.46. The first kappa shape index (κ1) is 16.3. The van der Waals surface area contributed by atoms with E-state index in [4.69, 9.17) is 21.9 Å². The lowest BCUT2D eigenvalue weighted by Crippen LogP contribution is -2.26. The molecular weight excluding hydrogens is 272 g/mol. The van der Waals surface area contributed by atoms with E-state index in [1.54, 1.807) is 32.0 Å². The molecule has 1 amide bonds. The van der Waals surface area contributed by atoms with E-state index in [2.05, 4.69) is 15.3 Å². The Hall–Kier alpha value is -2.77. The Morgan fingerprint density at radius 1 is 1.29 bits per heavy atom.